The average Bonchev–Trinajstić information content (AvgIpc) is 3.33. The number of nitrogens with zero attached hydrogens (tertiary/aromatic N) is 1. The molecule has 0 spiro atoms. The Balaban J connectivity index is 1.47. The number of halogens is 1. The fourth-order valence-corrected chi connectivity index (χ4v) is 3.82. The third-order valence-corrected chi connectivity index (χ3v) is 5.73. The van der Waals surface area contributed by atoms with Crippen molar-refractivity contribution in [1.82, 2.24) is 4.98 Å². The van der Waals surface area contributed by atoms with Crippen LogP contribution in [0.1, 0.15) is 34.9 Å². The van der Waals surface area contributed by atoms with Gasteiger partial charge in [0.2, 0.25) is 5.89 Å². The SMILES string of the molecule is Cc1c(Cl)cccc1-c1cccc(COc2ccc([C@H](CC(=O)O)c3ncco3)cc2)c1. The van der Waals surface area contributed by atoms with Crippen LogP contribution in [0.4, 0.5) is 0 Å². The highest BCUT2D eigenvalue weighted by Gasteiger charge is 2.22. The van der Waals surface area contributed by atoms with E-state index in [9.17, 15) is 9.90 Å². The monoisotopic (exact) mass is 447 g/mol. The van der Waals surface area contributed by atoms with E-state index in [2.05, 4.69) is 23.2 Å². The minimum absolute atomic E-state index is 0.101. The zero-order valence-electron chi connectivity index (χ0n) is 17.5. The topological polar surface area (TPSA) is 72.6 Å². The molecule has 0 unspecified atom stereocenters. The van der Waals surface area contributed by atoms with Crippen LogP contribution in [0.3, 0.4) is 0 Å². The lowest BCUT2D eigenvalue weighted by Gasteiger charge is -2.13. The van der Waals surface area contributed by atoms with Crippen LogP contribution in [0.25, 0.3) is 11.1 Å². The molecule has 1 N–H and O–H groups in total. The number of hydrogen-bond acceptors (Lipinski definition) is 4. The van der Waals surface area contributed by atoms with Crippen LogP contribution < -0.4 is 4.74 Å². The van der Waals surface area contributed by atoms with Gasteiger partial charge in [-0.1, -0.05) is 54.1 Å². The summed E-state index contributed by atoms with van der Waals surface area (Å²) in [6.07, 6.45) is 2.86. The Morgan fingerprint density at radius 3 is 2.62 bits per heavy atom. The van der Waals surface area contributed by atoms with Crippen LogP contribution in [0, 0.1) is 6.92 Å². The Hall–Kier alpha value is -3.57. The molecule has 32 heavy (non-hydrogen) atoms. The van der Waals surface area contributed by atoms with Crippen LogP contribution in [0.2, 0.25) is 5.02 Å². The van der Waals surface area contributed by atoms with E-state index in [0.717, 1.165) is 32.8 Å². The summed E-state index contributed by atoms with van der Waals surface area (Å²) >= 11 is 6.27. The van der Waals surface area contributed by atoms with Crippen molar-refractivity contribution in [2.45, 2.75) is 25.9 Å². The zero-order chi connectivity index (χ0) is 22.5. The molecule has 1 atom stereocenters. The van der Waals surface area contributed by atoms with Crippen LogP contribution >= 0.6 is 11.6 Å². The van der Waals surface area contributed by atoms with Crippen LogP contribution in [-0.4, -0.2) is 16.1 Å². The summed E-state index contributed by atoms with van der Waals surface area (Å²) in [4.78, 5) is 15.4. The standard InChI is InChI=1S/C26H22ClNO4/c1-17-22(6-3-7-24(17)27)20-5-2-4-18(14-20)16-32-21-10-8-19(9-11-21)23(15-25(29)30)26-28-12-13-31-26/h2-14,23H,15-16H2,1H3,(H,29,30)/t23-/m0/s1. The first-order valence-corrected chi connectivity index (χ1v) is 10.6. The van der Waals surface area contributed by atoms with Gasteiger partial charge in [-0.05, 0) is 59.0 Å². The first-order chi connectivity index (χ1) is 15.5. The lowest BCUT2D eigenvalue weighted by molar-refractivity contribution is -0.137. The van der Waals surface area contributed by atoms with Crippen LogP contribution in [-0.2, 0) is 11.4 Å². The number of aromatic nitrogens is 1. The molecule has 0 bridgehead atoms. The average molecular weight is 448 g/mol. The molecule has 0 aliphatic rings. The number of carbonyl (C=O) groups is 1. The van der Waals surface area contributed by atoms with Gasteiger partial charge in [0.05, 0.1) is 18.5 Å². The molecule has 0 fully saturated rings. The number of aliphatic carboxylic acids is 1. The summed E-state index contributed by atoms with van der Waals surface area (Å²) in [6.45, 7) is 2.42. The second-order valence-electron chi connectivity index (χ2n) is 7.49. The fraction of sp³-hybridized carbons (Fsp3) is 0.154. The van der Waals surface area contributed by atoms with E-state index >= 15 is 0 Å². The minimum Gasteiger partial charge on any atom is -0.489 e. The van der Waals surface area contributed by atoms with Gasteiger partial charge in [0, 0.05) is 5.02 Å². The predicted molar refractivity (Wildman–Crippen MR) is 123 cm³/mol. The third-order valence-electron chi connectivity index (χ3n) is 5.32. The lowest BCUT2D eigenvalue weighted by atomic mass is 9.95. The van der Waals surface area contributed by atoms with Crippen molar-refractivity contribution in [1.29, 1.82) is 0 Å². The first-order valence-electron chi connectivity index (χ1n) is 10.2. The van der Waals surface area contributed by atoms with Crippen molar-refractivity contribution < 1.29 is 19.1 Å². The molecule has 0 saturated heterocycles. The van der Waals surface area contributed by atoms with Crippen molar-refractivity contribution >= 4 is 17.6 Å². The highest BCUT2D eigenvalue weighted by Crippen LogP contribution is 2.30. The van der Waals surface area contributed by atoms with Crippen molar-refractivity contribution in [3.63, 3.8) is 0 Å². The largest absolute Gasteiger partial charge is 0.489 e. The molecule has 6 heteroatoms. The normalized spacial score (nSPS) is 11.8. The van der Waals surface area contributed by atoms with Gasteiger partial charge in [-0.2, -0.15) is 0 Å². The van der Waals surface area contributed by atoms with Crippen molar-refractivity contribution in [3.05, 3.63) is 107 Å². The summed E-state index contributed by atoms with van der Waals surface area (Å²) in [6, 6.07) is 21.4. The van der Waals surface area contributed by atoms with E-state index < -0.39 is 11.9 Å². The molecule has 5 nitrogen and oxygen atoms in total. The maximum atomic E-state index is 11.3. The van der Waals surface area contributed by atoms with Gasteiger partial charge in [0.15, 0.2) is 0 Å². The Kier molecular flexibility index (Phi) is 6.57. The molecular formula is C26H22ClNO4. The number of oxazole rings is 1. The molecule has 0 saturated carbocycles. The Morgan fingerprint density at radius 2 is 1.91 bits per heavy atom. The molecule has 0 amide bonds. The van der Waals surface area contributed by atoms with Gasteiger partial charge in [0.1, 0.15) is 18.6 Å². The summed E-state index contributed by atoms with van der Waals surface area (Å²) in [5.41, 5.74) is 5.07. The number of ether oxygens (including phenoxy) is 1. The van der Waals surface area contributed by atoms with Gasteiger partial charge >= 0.3 is 5.97 Å². The Morgan fingerprint density at radius 1 is 1.12 bits per heavy atom. The Bertz CT molecular complexity index is 1200. The van der Waals surface area contributed by atoms with E-state index in [0.29, 0.717) is 18.2 Å². The minimum atomic E-state index is -0.914. The van der Waals surface area contributed by atoms with Crippen molar-refractivity contribution in [3.8, 4) is 16.9 Å². The van der Waals surface area contributed by atoms with E-state index in [1.54, 1.807) is 0 Å². The third kappa shape index (κ3) is 5.01. The summed E-state index contributed by atoms with van der Waals surface area (Å²) in [7, 11) is 0. The molecule has 0 aliphatic heterocycles. The molecule has 4 aromatic rings. The smallest absolute Gasteiger partial charge is 0.304 e. The molecule has 1 aromatic heterocycles. The number of carboxylic acid groups (broad SMARTS) is 1. The molecule has 0 aliphatic carbocycles. The van der Waals surface area contributed by atoms with Crippen LogP contribution in [0.15, 0.2) is 83.6 Å². The molecule has 1 heterocycles. The second-order valence-corrected chi connectivity index (χ2v) is 7.90. The summed E-state index contributed by atoms with van der Waals surface area (Å²) in [5.74, 6) is -0.286. The van der Waals surface area contributed by atoms with E-state index in [1.165, 1.54) is 12.5 Å². The van der Waals surface area contributed by atoms with E-state index in [1.807, 2.05) is 55.5 Å². The van der Waals surface area contributed by atoms with E-state index in [4.69, 9.17) is 20.8 Å². The molecule has 4 rings (SSSR count). The van der Waals surface area contributed by atoms with Crippen molar-refractivity contribution in [2.24, 2.45) is 0 Å². The summed E-state index contributed by atoms with van der Waals surface area (Å²) in [5, 5.41) is 9.99. The Labute approximate surface area is 191 Å². The first kappa shape index (κ1) is 21.7. The van der Waals surface area contributed by atoms with Gasteiger partial charge < -0.3 is 14.3 Å². The highest BCUT2D eigenvalue weighted by atomic mass is 35.5. The second kappa shape index (κ2) is 9.71. The van der Waals surface area contributed by atoms with Gasteiger partial charge in [-0.15, -0.1) is 0 Å². The van der Waals surface area contributed by atoms with Crippen LogP contribution in [0.5, 0.6) is 5.75 Å². The van der Waals surface area contributed by atoms with E-state index in [-0.39, 0.29) is 6.42 Å². The highest BCUT2D eigenvalue weighted by molar-refractivity contribution is 6.31. The number of hydrogen-bond donors (Lipinski definition) is 1. The zero-order valence-corrected chi connectivity index (χ0v) is 18.3. The molecule has 3 aromatic carbocycles. The summed E-state index contributed by atoms with van der Waals surface area (Å²) < 4.78 is 11.3. The predicted octanol–water partition coefficient (Wildman–Crippen LogP) is 6.49. The lowest BCUT2D eigenvalue weighted by Crippen LogP contribution is -2.08. The fourth-order valence-electron chi connectivity index (χ4n) is 3.64. The van der Waals surface area contributed by atoms with Crippen molar-refractivity contribution in [2.75, 3.05) is 0 Å². The maximum Gasteiger partial charge on any atom is 0.304 e. The molecule has 162 valence electrons. The van der Waals surface area contributed by atoms with Gasteiger partial charge in [-0.3, -0.25) is 4.79 Å². The molecule has 0 radical (unpaired) electrons. The quantitative estimate of drug-likeness (QED) is 0.334. The number of rotatable bonds is 8. The maximum absolute atomic E-state index is 11.3. The number of carboxylic acids is 1. The van der Waals surface area contributed by atoms with Gasteiger partial charge in [-0.25, -0.2) is 4.98 Å². The van der Waals surface area contributed by atoms with Gasteiger partial charge in [0.25, 0.3) is 0 Å². The number of benzene rings is 3. The molecular weight excluding hydrogens is 426 g/mol.